The van der Waals surface area contributed by atoms with E-state index < -0.39 is 0 Å². The number of amides is 1. The molecule has 1 aliphatic heterocycles. The Balaban J connectivity index is 1.60. The number of aromatic nitrogens is 4. The molecular weight excluding hydrogens is 352 g/mol. The van der Waals surface area contributed by atoms with Gasteiger partial charge in [0, 0.05) is 55.6 Å². The van der Waals surface area contributed by atoms with Gasteiger partial charge < -0.3 is 10.2 Å². The van der Waals surface area contributed by atoms with Crippen molar-refractivity contribution < 1.29 is 4.79 Å². The molecule has 28 heavy (non-hydrogen) atoms. The lowest BCUT2D eigenvalue weighted by Crippen LogP contribution is -2.30. The van der Waals surface area contributed by atoms with E-state index in [9.17, 15) is 4.79 Å². The molecule has 3 heterocycles. The molecule has 0 aliphatic carbocycles. The summed E-state index contributed by atoms with van der Waals surface area (Å²) in [4.78, 5) is 14.8. The molecule has 0 radical (unpaired) electrons. The van der Waals surface area contributed by atoms with Crippen molar-refractivity contribution in [3.05, 3.63) is 63.7 Å². The number of hydrogen-bond acceptors (Lipinski definition) is 4. The van der Waals surface area contributed by atoms with Gasteiger partial charge >= 0.3 is 0 Å². The first-order valence-electron chi connectivity index (χ1n) is 9.60. The van der Waals surface area contributed by atoms with Gasteiger partial charge in [-0.05, 0) is 32.4 Å². The van der Waals surface area contributed by atoms with Crippen LogP contribution in [0.25, 0.3) is 5.69 Å². The van der Waals surface area contributed by atoms with Gasteiger partial charge in [-0.25, -0.2) is 4.68 Å². The highest BCUT2D eigenvalue weighted by atomic mass is 16.2. The molecule has 0 atom stereocenters. The number of aryl methyl sites for hydroxylation is 2. The third kappa shape index (κ3) is 3.11. The first kappa shape index (κ1) is 18.4. The Kier molecular flexibility index (Phi) is 4.77. The Morgan fingerprint density at radius 2 is 2.04 bits per heavy atom. The molecule has 0 unspecified atom stereocenters. The molecule has 2 N–H and O–H groups in total. The fourth-order valence-electron chi connectivity index (χ4n) is 3.83. The number of benzene rings is 1. The molecule has 3 aromatic rings. The zero-order valence-electron chi connectivity index (χ0n) is 16.8. The number of H-pyrrole nitrogens is 1. The van der Waals surface area contributed by atoms with Gasteiger partial charge in [0.15, 0.2) is 5.69 Å². The lowest BCUT2D eigenvalue weighted by Gasteiger charge is -2.18. The van der Waals surface area contributed by atoms with Crippen LogP contribution in [0.3, 0.4) is 0 Å². The molecule has 7 heteroatoms. The summed E-state index contributed by atoms with van der Waals surface area (Å²) in [7, 11) is 1.82. The highest BCUT2D eigenvalue weighted by molar-refractivity contribution is 5.93. The molecule has 7 nitrogen and oxygen atoms in total. The second-order valence-corrected chi connectivity index (χ2v) is 7.46. The molecule has 146 valence electrons. The standard InChI is InChI=1S/C21H26N6O/c1-13-7-5-6-8-19(13)27-15(3)17(14(2)25-27)12-26(4)21(28)20-16-11-22-10-9-18(16)23-24-20/h5-8,22H,9-12H2,1-4H3,(H,23,24). The van der Waals surface area contributed by atoms with Gasteiger partial charge in [0.1, 0.15) is 0 Å². The Morgan fingerprint density at radius 1 is 1.25 bits per heavy atom. The number of aromatic amines is 1. The monoisotopic (exact) mass is 378 g/mol. The van der Waals surface area contributed by atoms with Crippen LogP contribution in [-0.2, 0) is 19.5 Å². The minimum absolute atomic E-state index is 0.0661. The van der Waals surface area contributed by atoms with Crippen LogP contribution < -0.4 is 5.32 Å². The minimum atomic E-state index is -0.0661. The van der Waals surface area contributed by atoms with E-state index in [-0.39, 0.29) is 5.91 Å². The van der Waals surface area contributed by atoms with Crippen LogP contribution in [0, 0.1) is 20.8 Å². The van der Waals surface area contributed by atoms with Gasteiger partial charge in [-0.1, -0.05) is 18.2 Å². The third-order valence-corrected chi connectivity index (χ3v) is 5.54. The molecular formula is C21H26N6O. The molecule has 0 fully saturated rings. The van der Waals surface area contributed by atoms with E-state index in [1.165, 1.54) is 5.56 Å². The molecule has 0 saturated carbocycles. The van der Waals surface area contributed by atoms with E-state index >= 15 is 0 Å². The number of para-hydroxylation sites is 1. The summed E-state index contributed by atoms with van der Waals surface area (Å²) in [6.07, 6.45) is 0.876. The maximum absolute atomic E-state index is 13.0. The van der Waals surface area contributed by atoms with Crippen molar-refractivity contribution in [1.29, 1.82) is 0 Å². The number of nitrogens with zero attached hydrogens (tertiary/aromatic N) is 4. The Bertz CT molecular complexity index is 1030. The molecule has 0 spiro atoms. The fraction of sp³-hybridized carbons (Fsp3) is 0.381. The van der Waals surface area contributed by atoms with Crippen molar-refractivity contribution in [3.8, 4) is 5.69 Å². The topological polar surface area (TPSA) is 78.8 Å². The molecule has 1 amide bonds. The van der Waals surface area contributed by atoms with E-state index in [2.05, 4.69) is 41.5 Å². The van der Waals surface area contributed by atoms with Crippen LogP contribution in [0.15, 0.2) is 24.3 Å². The number of carbonyl (C=O) groups excluding carboxylic acids is 1. The highest BCUT2D eigenvalue weighted by Crippen LogP contribution is 2.23. The first-order valence-corrected chi connectivity index (χ1v) is 9.60. The Labute approximate surface area is 164 Å². The van der Waals surface area contributed by atoms with E-state index in [4.69, 9.17) is 5.10 Å². The molecule has 4 rings (SSSR count). The number of nitrogens with one attached hydrogen (secondary N) is 2. The number of fused-ring (bicyclic) bond motifs is 1. The predicted octanol–water partition coefficient (Wildman–Crippen LogP) is 2.44. The van der Waals surface area contributed by atoms with Gasteiger partial charge in [-0.3, -0.25) is 9.89 Å². The van der Waals surface area contributed by atoms with Gasteiger partial charge in [-0.2, -0.15) is 10.2 Å². The SMILES string of the molecule is Cc1ccccc1-n1nc(C)c(CN(C)C(=O)c2n[nH]c3c2CNCC3)c1C. The van der Waals surface area contributed by atoms with Crippen molar-refractivity contribution in [2.24, 2.45) is 0 Å². The van der Waals surface area contributed by atoms with Crippen LogP contribution in [-0.4, -0.2) is 44.4 Å². The molecule has 1 aromatic carbocycles. The lowest BCUT2D eigenvalue weighted by molar-refractivity contribution is 0.0777. The molecule has 0 saturated heterocycles. The normalized spacial score (nSPS) is 13.4. The predicted molar refractivity (Wildman–Crippen MR) is 108 cm³/mol. The quantitative estimate of drug-likeness (QED) is 0.731. The second kappa shape index (κ2) is 7.24. The van der Waals surface area contributed by atoms with Gasteiger partial charge in [0.2, 0.25) is 0 Å². The summed E-state index contributed by atoms with van der Waals surface area (Å²) in [6.45, 7) is 8.22. The summed E-state index contributed by atoms with van der Waals surface area (Å²) < 4.78 is 1.97. The average molecular weight is 378 g/mol. The van der Waals surface area contributed by atoms with Crippen molar-refractivity contribution in [1.82, 2.24) is 30.2 Å². The average Bonchev–Trinajstić information content (AvgIpc) is 3.24. The third-order valence-electron chi connectivity index (χ3n) is 5.54. The fourth-order valence-corrected chi connectivity index (χ4v) is 3.83. The van der Waals surface area contributed by atoms with E-state index in [0.717, 1.165) is 46.9 Å². The Hall–Kier alpha value is -2.93. The summed E-state index contributed by atoms with van der Waals surface area (Å²) in [6, 6.07) is 8.19. The number of rotatable bonds is 4. The highest BCUT2D eigenvalue weighted by Gasteiger charge is 2.25. The maximum atomic E-state index is 13.0. The van der Waals surface area contributed by atoms with Crippen LogP contribution in [0.1, 0.15) is 44.3 Å². The van der Waals surface area contributed by atoms with Gasteiger partial charge in [0.25, 0.3) is 5.91 Å². The minimum Gasteiger partial charge on any atom is -0.336 e. The number of hydrogen-bond donors (Lipinski definition) is 2. The van der Waals surface area contributed by atoms with E-state index in [1.54, 1.807) is 4.90 Å². The Morgan fingerprint density at radius 3 is 2.82 bits per heavy atom. The van der Waals surface area contributed by atoms with Crippen molar-refractivity contribution in [2.45, 2.75) is 40.3 Å². The van der Waals surface area contributed by atoms with E-state index in [0.29, 0.717) is 18.8 Å². The smallest absolute Gasteiger partial charge is 0.274 e. The molecule has 2 aromatic heterocycles. The van der Waals surface area contributed by atoms with Crippen LogP contribution >= 0.6 is 0 Å². The summed E-state index contributed by atoms with van der Waals surface area (Å²) in [5, 5.41) is 15.4. The first-order chi connectivity index (χ1) is 13.5. The summed E-state index contributed by atoms with van der Waals surface area (Å²) >= 11 is 0. The van der Waals surface area contributed by atoms with E-state index in [1.807, 2.05) is 30.8 Å². The zero-order chi connectivity index (χ0) is 19.8. The largest absolute Gasteiger partial charge is 0.336 e. The lowest BCUT2D eigenvalue weighted by atomic mass is 10.1. The maximum Gasteiger partial charge on any atom is 0.274 e. The van der Waals surface area contributed by atoms with Crippen LogP contribution in [0.5, 0.6) is 0 Å². The number of carbonyl (C=O) groups is 1. The second-order valence-electron chi connectivity index (χ2n) is 7.46. The zero-order valence-corrected chi connectivity index (χ0v) is 16.8. The van der Waals surface area contributed by atoms with Crippen LogP contribution in [0.4, 0.5) is 0 Å². The molecule has 1 aliphatic rings. The van der Waals surface area contributed by atoms with Crippen molar-refractivity contribution in [3.63, 3.8) is 0 Å². The summed E-state index contributed by atoms with van der Waals surface area (Å²) in [5.74, 6) is -0.0661. The van der Waals surface area contributed by atoms with Crippen molar-refractivity contribution in [2.75, 3.05) is 13.6 Å². The van der Waals surface area contributed by atoms with Crippen LogP contribution in [0.2, 0.25) is 0 Å². The van der Waals surface area contributed by atoms with Gasteiger partial charge in [0.05, 0.1) is 11.4 Å². The summed E-state index contributed by atoms with van der Waals surface area (Å²) in [5.41, 5.74) is 7.87. The van der Waals surface area contributed by atoms with Crippen molar-refractivity contribution >= 4 is 5.91 Å². The van der Waals surface area contributed by atoms with Gasteiger partial charge in [-0.15, -0.1) is 0 Å². The molecule has 0 bridgehead atoms.